The van der Waals surface area contributed by atoms with Gasteiger partial charge in [-0.05, 0) is 32.9 Å². The Hall–Kier alpha value is -0.930. The maximum atomic E-state index is 11.7. The van der Waals surface area contributed by atoms with Crippen LogP contribution in [-0.2, 0) is 4.74 Å². The van der Waals surface area contributed by atoms with Crippen LogP contribution in [-0.4, -0.2) is 11.6 Å². The Balaban J connectivity index is 3.02. The number of halogens is 2. The van der Waals surface area contributed by atoms with Crippen LogP contribution in [0.2, 0.25) is 10.0 Å². The van der Waals surface area contributed by atoms with Gasteiger partial charge in [0.15, 0.2) is 0 Å². The molecule has 16 heavy (non-hydrogen) atoms. The van der Waals surface area contributed by atoms with E-state index in [-0.39, 0.29) is 15.7 Å². The average Bonchev–Trinajstić information content (AvgIpc) is 2.10. The number of nitrogen functional groups attached to an aromatic ring is 1. The molecule has 1 rings (SSSR count). The molecule has 0 atom stereocenters. The Morgan fingerprint density at radius 1 is 1.31 bits per heavy atom. The fraction of sp³-hybridized carbons (Fsp3) is 0.364. The van der Waals surface area contributed by atoms with E-state index in [1.165, 1.54) is 12.1 Å². The lowest BCUT2D eigenvalue weighted by Crippen LogP contribution is -2.24. The highest BCUT2D eigenvalue weighted by molar-refractivity contribution is 6.43. The molecular formula is C11H13Cl2NO2. The number of hydrogen-bond donors (Lipinski definition) is 1. The molecule has 5 heteroatoms. The van der Waals surface area contributed by atoms with Gasteiger partial charge in [0.2, 0.25) is 0 Å². The van der Waals surface area contributed by atoms with Crippen molar-refractivity contribution in [2.45, 2.75) is 26.4 Å². The number of benzene rings is 1. The summed E-state index contributed by atoms with van der Waals surface area (Å²) < 4.78 is 5.18. The van der Waals surface area contributed by atoms with Gasteiger partial charge in [0.25, 0.3) is 0 Å². The van der Waals surface area contributed by atoms with E-state index < -0.39 is 11.6 Å². The molecule has 0 bridgehead atoms. The van der Waals surface area contributed by atoms with Crippen molar-refractivity contribution in [2.24, 2.45) is 0 Å². The lowest BCUT2D eigenvalue weighted by molar-refractivity contribution is 0.00696. The van der Waals surface area contributed by atoms with Crippen molar-refractivity contribution in [1.29, 1.82) is 0 Å². The highest BCUT2D eigenvalue weighted by atomic mass is 35.5. The second-order valence-electron chi connectivity index (χ2n) is 4.36. The average molecular weight is 262 g/mol. The summed E-state index contributed by atoms with van der Waals surface area (Å²) in [5.74, 6) is -0.474. The van der Waals surface area contributed by atoms with Crippen LogP contribution in [0, 0.1) is 0 Å². The molecule has 0 unspecified atom stereocenters. The maximum Gasteiger partial charge on any atom is 0.338 e. The van der Waals surface area contributed by atoms with Gasteiger partial charge in [-0.2, -0.15) is 0 Å². The highest BCUT2D eigenvalue weighted by Gasteiger charge is 2.19. The zero-order valence-electron chi connectivity index (χ0n) is 9.30. The minimum Gasteiger partial charge on any atom is -0.456 e. The van der Waals surface area contributed by atoms with Gasteiger partial charge in [-0.25, -0.2) is 4.79 Å². The first kappa shape index (κ1) is 13.1. The van der Waals surface area contributed by atoms with E-state index in [0.717, 1.165) is 0 Å². The fourth-order valence-electron chi connectivity index (χ4n) is 1.07. The minimum atomic E-state index is -0.558. The monoisotopic (exact) mass is 261 g/mol. The van der Waals surface area contributed by atoms with Gasteiger partial charge in [0.05, 0.1) is 21.3 Å². The predicted molar refractivity (Wildman–Crippen MR) is 66.0 cm³/mol. The number of rotatable bonds is 1. The molecule has 3 nitrogen and oxygen atoms in total. The Morgan fingerprint density at radius 3 is 2.31 bits per heavy atom. The maximum absolute atomic E-state index is 11.7. The highest BCUT2D eigenvalue weighted by Crippen LogP contribution is 2.30. The van der Waals surface area contributed by atoms with Crippen molar-refractivity contribution in [3.8, 4) is 0 Å². The second kappa shape index (κ2) is 4.52. The van der Waals surface area contributed by atoms with Gasteiger partial charge in [-0.3, -0.25) is 0 Å². The molecule has 0 spiro atoms. The summed E-state index contributed by atoms with van der Waals surface area (Å²) in [6.45, 7) is 5.35. The summed E-state index contributed by atoms with van der Waals surface area (Å²) in [5.41, 5.74) is 5.59. The summed E-state index contributed by atoms with van der Waals surface area (Å²) in [6.07, 6.45) is 0. The summed E-state index contributed by atoms with van der Waals surface area (Å²) >= 11 is 11.6. The van der Waals surface area contributed by atoms with E-state index in [4.69, 9.17) is 33.7 Å². The van der Waals surface area contributed by atoms with Crippen LogP contribution in [0.5, 0.6) is 0 Å². The quantitative estimate of drug-likeness (QED) is 0.622. The topological polar surface area (TPSA) is 52.3 Å². The van der Waals surface area contributed by atoms with Crippen molar-refractivity contribution in [2.75, 3.05) is 5.73 Å². The Labute approximate surface area is 104 Å². The van der Waals surface area contributed by atoms with Gasteiger partial charge in [0.1, 0.15) is 5.60 Å². The number of anilines is 1. The van der Waals surface area contributed by atoms with E-state index in [0.29, 0.717) is 5.56 Å². The zero-order valence-corrected chi connectivity index (χ0v) is 10.8. The van der Waals surface area contributed by atoms with Gasteiger partial charge in [-0.15, -0.1) is 0 Å². The van der Waals surface area contributed by atoms with E-state index >= 15 is 0 Å². The third kappa shape index (κ3) is 3.29. The van der Waals surface area contributed by atoms with Crippen molar-refractivity contribution in [3.63, 3.8) is 0 Å². The van der Waals surface area contributed by atoms with E-state index in [1.54, 1.807) is 20.8 Å². The smallest absolute Gasteiger partial charge is 0.338 e. The normalized spacial score (nSPS) is 11.3. The molecule has 2 N–H and O–H groups in total. The van der Waals surface area contributed by atoms with Gasteiger partial charge < -0.3 is 10.5 Å². The summed E-state index contributed by atoms with van der Waals surface area (Å²) in [4.78, 5) is 11.7. The van der Waals surface area contributed by atoms with E-state index in [2.05, 4.69) is 0 Å². The number of carbonyl (C=O) groups is 1. The Morgan fingerprint density at radius 2 is 1.88 bits per heavy atom. The van der Waals surface area contributed by atoms with Crippen LogP contribution < -0.4 is 5.73 Å². The number of ether oxygens (including phenoxy) is 1. The van der Waals surface area contributed by atoms with E-state index in [1.807, 2.05) is 0 Å². The summed E-state index contributed by atoms with van der Waals surface area (Å²) in [6, 6.07) is 2.89. The molecule has 0 amide bonds. The fourth-order valence-corrected chi connectivity index (χ4v) is 1.40. The third-order valence-electron chi connectivity index (χ3n) is 1.69. The van der Waals surface area contributed by atoms with Crippen LogP contribution in [0.4, 0.5) is 5.69 Å². The van der Waals surface area contributed by atoms with Crippen molar-refractivity contribution in [1.82, 2.24) is 0 Å². The molecule has 0 radical (unpaired) electrons. The molecule has 0 heterocycles. The molecule has 1 aromatic carbocycles. The van der Waals surface area contributed by atoms with E-state index in [9.17, 15) is 4.79 Å². The Bertz CT molecular complexity index is 401. The van der Waals surface area contributed by atoms with Crippen LogP contribution in [0.25, 0.3) is 0 Å². The molecule has 1 aromatic rings. The second-order valence-corrected chi connectivity index (χ2v) is 5.15. The predicted octanol–water partition coefficient (Wildman–Crippen LogP) is 3.53. The molecule has 0 aliphatic carbocycles. The van der Waals surface area contributed by atoms with Crippen molar-refractivity contribution in [3.05, 3.63) is 27.7 Å². The van der Waals surface area contributed by atoms with Crippen LogP contribution in [0.15, 0.2) is 12.1 Å². The molecule has 0 saturated carbocycles. The molecular weight excluding hydrogens is 249 g/mol. The standard InChI is InChI=1S/C11H13Cl2NO2/c1-11(2,3)16-10(15)6-4-7(12)9(13)8(14)5-6/h4-5H,14H2,1-3H3. The molecule has 0 aliphatic heterocycles. The largest absolute Gasteiger partial charge is 0.456 e. The van der Waals surface area contributed by atoms with Crippen molar-refractivity contribution >= 4 is 34.9 Å². The zero-order chi connectivity index (χ0) is 12.5. The van der Waals surface area contributed by atoms with Gasteiger partial charge in [0, 0.05) is 0 Å². The van der Waals surface area contributed by atoms with Gasteiger partial charge >= 0.3 is 5.97 Å². The molecule has 0 fully saturated rings. The minimum absolute atomic E-state index is 0.238. The first-order chi connectivity index (χ1) is 7.20. The lowest BCUT2D eigenvalue weighted by Gasteiger charge is -2.19. The first-order valence-corrected chi connectivity index (χ1v) is 5.44. The Kier molecular flexibility index (Phi) is 3.71. The summed E-state index contributed by atoms with van der Waals surface area (Å²) in [7, 11) is 0. The molecule has 88 valence electrons. The SMILES string of the molecule is CC(C)(C)OC(=O)c1cc(N)c(Cl)c(Cl)c1. The summed E-state index contributed by atoms with van der Waals surface area (Å²) in [5, 5.41) is 0.483. The molecule has 0 saturated heterocycles. The number of esters is 1. The van der Waals surface area contributed by atoms with Gasteiger partial charge in [-0.1, -0.05) is 23.2 Å². The lowest BCUT2D eigenvalue weighted by atomic mass is 10.1. The first-order valence-electron chi connectivity index (χ1n) is 4.68. The molecule has 0 aliphatic rings. The molecule has 0 aromatic heterocycles. The van der Waals surface area contributed by atoms with Crippen LogP contribution in [0.3, 0.4) is 0 Å². The van der Waals surface area contributed by atoms with Crippen LogP contribution in [0.1, 0.15) is 31.1 Å². The van der Waals surface area contributed by atoms with Crippen LogP contribution >= 0.6 is 23.2 Å². The number of hydrogen-bond acceptors (Lipinski definition) is 3. The number of carbonyl (C=O) groups excluding carboxylic acids is 1. The number of nitrogens with two attached hydrogens (primary N) is 1. The van der Waals surface area contributed by atoms with Crippen molar-refractivity contribution < 1.29 is 9.53 Å². The third-order valence-corrected chi connectivity index (χ3v) is 2.51.